The number of amides is 1. The first kappa shape index (κ1) is 18.0. The molecule has 0 spiro atoms. The Balaban J connectivity index is 1.68. The van der Waals surface area contributed by atoms with Crippen LogP contribution in [0.15, 0.2) is 71.7 Å². The van der Waals surface area contributed by atoms with Crippen molar-refractivity contribution in [2.45, 2.75) is 13.1 Å². The summed E-state index contributed by atoms with van der Waals surface area (Å²) in [6.07, 6.45) is 1.70. The molecule has 6 heteroatoms. The Bertz CT molecular complexity index is 1060. The van der Waals surface area contributed by atoms with Crippen LogP contribution in [0.3, 0.4) is 0 Å². The van der Waals surface area contributed by atoms with Gasteiger partial charge >= 0.3 is 0 Å². The van der Waals surface area contributed by atoms with Crippen LogP contribution in [0.4, 0.5) is 5.69 Å². The lowest BCUT2D eigenvalue weighted by molar-refractivity contribution is 0.0974. The highest BCUT2D eigenvalue weighted by Crippen LogP contribution is 2.33. The van der Waals surface area contributed by atoms with E-state index in [0.29, 0.717) is 37.7 Å². The number of nitrogens with zero attached hydrogens (tertiary/aromatic N) is 2. The maximum absolute atomic E-state index is 13.2. The summed E-state index contributed by atoms with van der Waals surface area (Å²) < 4.78 is 7.21. The van der Waals surface area contributed by atoms with Crippen molar-refractivity contribution in [3.63, 3.8) is 0 Å². The van der Waals surface area contributed by atoms with Crippen molar-refractivity contribution >= 4 is 11.6 Å². The Hall–Kier alpha value is -3.38. The fourth-order valence-corrected chi connectivity index (χ4v) is 3.35. The average molecular weight is 375 g/mol. The van der Waals surface area contributed by atoms with E-state index in [1.165, 1.54) is 0 Å². The van der Waals surface area contributed by atoms with Crippen molar-refractivity contribution in [1.82, 2.24) is 4.57 Å². The Morgan fingerprint density at radius 1 is 1.04 bits per heavy atom. The number of anilines is 1. The number of pyridine rings is 1. The van der Waals surface area contributed by atoms with Gasteiger partial charge in [0.05, 0.1) is 18.8 Å². The van der Waals surface area contributed by atoms with Crippen LogP contribution >= 0.6 is 0 Å². The molecule has 0 radical (unpaired) electrons. The lowest BCUT2D eigenvalue weighted by Crippen LogP contribution is -2.41. The Labute approximate surface area is 162 Å². The minimum absolute atomic E-state index is 0.143. The molecule has 1 amide bonds. The van der Waals surface area contributed by atoms with Gasteiger partial charge < -0.3 is 19.9 Å². The third-order valence-corrected chi connectivity index (χ3v) is 4.81. The van der Waals surface area contributed by atoms with Gasteiger partial charge in [0, 0.05) is 12.7 Å². The summed E-state index contributed by atoms with van der Waals surface area (Å²) in [5, 5.41) is 0. The van der Waals surface area contributed by atoms with Gasteiger partial charge in [-0.2, -0.15) is 0 Å². The predicted octanol–water partition coefficient (Wildman–Crippen LogP) is 2.39. The van der Waals surface area contributed by atoms with Crippen molar-refractivity contribution in [2.24, 2.45) is 5.73 Å². The Morgan fingerprint density at radius 3 is 2.64 bits per heavy atom. The molecule has 4 rings (SSSR count). The summed E-state index contributed by atoms with van der Waals surface area (Å²) in [5.41, 5.74) is 8.12. The van der Waals surface area contributed by atoms with Gasteiger partial charge in [-0.1, -0.05) is 36.4 Å². The number of aromatic nitrogens is 1. The zero-order valence-electron chi connectivity index (χ0n) is 15.4. The van der Waals surface area contributed by atoms with Gasteiger partial charge in [0.2, 0.25) is 0 Å². The van der Waals surface area contributed by atoms with Crippen LogP contribution in [0.1, 0.15) is 21.5 Å². The van der Waals surface area contributed by atoms with E-state index in [9.17, 15) is 9.59 Å². The van der Waals surface area contributed by atoms with Gasteiger partial charge in [-0.05, 0) is 35.4 Å². The lowest BCUT2D eigenvalue weighted by atomic mass is 10.1. The molecule has 1 aliphatic rings. The van der Waals surface area contributed by atoms with Gasteiger partial charge in [-0.15, -0.1) is 0 Å². The molecule has 0 saturated heterocycles. The molecule has 0 unspecified atom stereocenters. The van der Waals surface area contributed by atoms with Crippen molar-refractivity contribution < 1.29 is 9.53 Å². The molecular formula is C22H21N3O3. The first-order valence-corrected chi connectivity index (χ1v) is 9.18. The SMILES string of the molecule is NCc1ccc2c(c1)N(C(=O)c1cccn(Cc3ccccc3)c1=O)CCO2. The second-order valence-electron chi connectivity index (χ2n) is 6.65. The highest BCUT2D eigenvalue weighted by molar-refractivity contribution is 6.07. The Morgan fingerprint density at radius 2 is 1.86 bits per heavy atom. The van der Waals surface area contributed by atoms with E-state index in [1.807, 2.05) is 48.5 Å². The fraction of sp³-hybridized carbons (Fsp3) is 0.182. The normalized spacial score (nSPS) is 13.0. The summed E-state index contributed by atoms with van der Waals surface area (Å²) in [6.45, 7) is 1.54. The molecule has 2 aromatic carbocycles. The van der Waals surface area contributed by atoms with E-state index in [4.69, 9.17) is 10.5 Å². The molecule has 3 aromatic rings. The van der Waals surface area contributed by atoms with Crippen molar-refractivity contribution in [3.8, 4) is 5.75 Å². The third-order valence-electron chi connectivity index (χ3n) is 4.81. The van der Waals surface area contributed by atoms with Gasteiger partial charge in [-0.25, -0.2) is 0 Å². The predicted molar refractivity (Wildman–Crippen MR) is 108 cm³/mol. The van der Waals surface area contributed by atoms with Crippen LogP contribution in [0.25, 0.3) is 0 Å². The van der Waals surface area contributed by atoms with Crippen molar-refractivity contribution in [3.05, 3.63) is 93.9 Å². The van der Waals surface area contributed by atoms with Crippen LogP contribution in [-0.4, -0.2) is 23.6 Å². The minimum atomic E-state index is -0.328. The average Bonchev–Trinajstić information content (AvgIpc) is 2.74. The zero-order chi connectivity index (χ0) is 19.5. The standard InChI is InChI=1S/C22H21N3O3/c23-14-17-8-9-20-19(13-17)25(11-12-28-20)22(27)18-7-4-10-24(21(18)26)15-16-5-2-1-3-6-16/h1-10,13H,11-12,14-15,23H2. The minimum Gasteiger partial charge on any atom is -0.490 e. The van der Waals surface area contributed by atoms with Gasteiger partial charge in [0.25, 0.3) is 11.5 Å². The fourth-order valence-electron chi connectivity index (χ4n) is 3.35. The molecule has 2 heterocycles. The van der Waals surface area contributed by atoms with Crippen LogP contribution in [0.5, 0.6) is 5.75 Å². The number of ether oxygens (including phenoxy) is 1. The molecular weight excluding hydrogens is 354 g/mol. The number of hydrogen-bond donors (Lipinski definition) is 1. The highest BCUT2D eigenvalue weighted by Gasteiger charge is 2.27. The van der Waals surface area contributed by atoms with E-state index in [-0.39, 0.29) is 17.0 Å². The van der Waals surface area contributed by atoms with E-state index in [0.717, 1.165) is 11.1 Å². The van der Waals surface area contributed by atoms with Crippen LogP contribution < -0.4 is 20.9 Å². The number of rotatable bonds is 4. The molecule has 0 saturated carbocycles. The number of nitrogens with two attached hydrogens (primary N) is 1. The molecule has 0 bridgehead atoms. The van der Waals surface area contributed by atoms with Crippen molar-refractivity contribution in [2.75, 3.05) is 18.1 Å². The second kappa shape index (κ2) is 7.70. The lowest BCUT2D eigenvalue weighted by Gasteiger charge is -2.30. The molecule has 0 atom stereocenters. The summed E-state index contributed by atoms with van der Waals surface area (Å²) in [7, 11) is 0. The second-order valence-corrected chi connectivity index (χ2v) is 6.65. The number of hydrogen-bond acceptors (Lipinski definition) is 4. The van der Waals surface area contributed by atoms with E-state index in [1.54, 1.807) is 27.8 Å². The van der Waals surface area contributed by atoms with E-state index < -0.39 is 0 Å². The molecule has 1 aliphatic heterocycles. The third kappa shape index (κ3) is 3.42. The van der Waals surface area contributed by atoms with Gasteiger partial charge in [0.15, 0.2) is 0 Å². The largest absolute Gasteiger partial charge is 0.490 e. The molecule has 142 valence electrons. The smallest absolute Gasteiger partial charge is 0.264 e. The maximum Gasteiger partial charge on any atom is 0.264 e. The first-order valence-electron chi connectivity index (χ1n) is 9.18. The van der Waals surface area contributed by atoms with E-state index in [2.05, 4.69) is 0 Å². The van der Waals surface area contributed by atoms with Gasteiger partial charge in [-0.3, -0.25) is 9.59 Å². The molecule has 2 N–H and O–H groups in total. The number of carbonyl (C=O) groups excluding carboxylic acids is 1. The van der Waals surface area contributed by atoms with Crippen LogP contribution in [0.2, 0.25) is 0 Å². The van der Waals surface area contributed by atoms with Crippen LogP contribution in [0, 0.1) is 0 Å². The van der Waals surface area contributed by atoms with Crippen molar-refractivity contribution in [1.29, 1.82) is 0 Å². The summed E-state index contributed by atoms with van der Waals surface area (Å²) >= 11 is 0. The topological polar surface area (TPSA) is 77.6 Å². The van der Waals surface area contributed by atoms with Crippen LogP contribution in [-0.2, 0) is 13.1 Å². The summed E-state index contributed by atoms with van der Waals surface area (Å²) in [6, 6.07) is 18.5. The highest BCUT2D eigenvalue weighted by atomic mass is 16.5. The summed E-state index contributed by atoms with van der Waals surface area (Å²) in [4.78, 5) is 27.8. The number of benzene rings is 2. The monoisotopic (exact) mass is 375 g/mol. The molecule has 0 aliphatic carbocycles. The summed E-state index contributed by atoms with van der Waals surface area (Å²) in [5.74, 6) is 0.295. The van der Waals surface area contributed by atoms with E-state index >= 15 is 0 Å². The first-order chi connectivity index (χ1) is 13.7. The van der Waals surface area contributed by atoms with Gasteiger partial charge in [0.1, 0.15) is 17.9 Å². The Kier molecular flexibility index (Phi) is 4.95. The molecule has 1 aromatic heterocycles. The molecule has 28 heavy (non-hydrogen) atoms. The molecule has 6 nitrogen and oxygen atoms in total. The zero-order valence-corrected chi connectivity index (χ0v) is 15.4. The molecule has 0 fully saturated rings. The quantitative estimate of drug-likeness (QED) is 0.760. The maximum atomic E-state index is 13.2. The number of carbonyl (C=O) groups is 1. The number of fused-ring (bicyclic) bond motifs is 1.